The number of nitrogens with one attached hydrogen (secondary N) is 2. The summed E-state index contributed by atoms with van der Waals surface area (Å²) >= 11 is 3.46. The first-order valence-corrected chi connectivity index (χ1v) is 7.23. The normalized spacial score (nSPS) is 23.1. The van der Waals surface area contributed by atoms with Crippen molar-refractivity contribution < 1.29 is 4.79 Å². The first-order valence-electron chi connectivity index (χ1n) is 6.44. The number of hydrogen-bond acceptors (Lipinski definition) is 2. The molecule has 2 N–H and O–H groups in total. The van der Waals surface area contributed by atoms with Crippen molar-refractivity contribution in [1.29, 1.82) is 0 Å². The number of carbonyl (C=O) groups is 1. The molecule has 2 unspecified atom stereocenters. The van der Waals surface area contributed by atoms with Gasteiger partial charge in [0.25, 0.3) is 0 Å². The maximum Gasteiger partial charge on any atom is 0.229 e. The molecule has 4 heteroatoms. The molecule has 1 aliphatic rings. The van der Waals surface area contributed by atoms with Gasteiger partial charge in [0.1, 0.15) is 0 Å². The van der Waals surface area contributed by atoms with E-state index < -0.39 is 0 Å². The van der Waals surface area contributed by atoms with E-state index in [2.05, 4.69) is 46.5 Å². The lowest BCUT2D eigenvalue weighted by atomic mass is 10.0. The fraction of sp³-hybridized carbons (Fsp3) is 0.500. The van der Waals surface area contributed by atoms with Crippen molar-refractivity contribution in [2.24, 2.45) is 5.92 Å². The van der Waals surface area contributed by atoms with Gasteiger partial charge in [-0.05, 0) is 50.1 Å². The summed E-state index contributed by atoms with van der Waals surface area (Å²) in [5.74, 6) is 0.211. The fourth-order valence-corrected chi connectivity index (χ4v) is 2.83. The van der Waals surface area contributed by atoms with E-state index in [4.69, 9.17) is 0 Å². The SMILES string of the molecule is CCc1cc(Br)ccc1NC(=O)C1CCNC1C. The average Bonchev–Trinajstić information content (AvgIpc) is 2.77. The smallest absolute Gasteiger partial charge is 0.229 e. The molecule has 1 saturated heterocycles. The van der Waals surface area contributed by atoms with Gasteiger partial charge in [-0.25, -0.2) is 0 Å². The van der Waals surface area contributed by atoms with Crippen molar-refractivity contribution >= 4 is 27.5 Å². The van der Waals surface area contributed by atoms with Crippen LogP contribution in [0, 0.1) is 5.92 Å². The molecular weight excluding hydrogens is 292 g/mol. The number of halogens is 1. The molecule has 3 nitrogen and oxygen atoms in total. The van der Waals surface area contributed by atoms with Crippen LogP contribution in [0.25, 0.3) is 0 Å². The Kier molecular flexibility index (Phi) is 4.40. The Balaban J connectivity index is 2.11. The Labute approximate surface area is 116 Å². The Bertz CT molecular complexity index is 447. The van der Waals surface area contributed by atoms with Gasteiger partial charge < -0.3 is 10.6 Å². The van der Waals surface area contributed by atoms with E-state index in [0.29, 0.717) is 0 Å². The number of amides is 1. The van der Waals surface area contributed by atoms with Gasteiger partial charge in [-0.15, -0.1) is 0 Å². The lowest BCUT2D eigenvalue weighted by Gasteiger charge is -2.16. The standard InChI is InChI=1S/C14H19BrN2O/c1-3-10-8-11(15)4-5-13(10)17-14(18)12-6-7-16-9(12)2/h4-5,8-9,12,16H,3,6-7H2,1-2H3,(H,17,18). The summed E-state index contributed by atoms with van der Waals surface area (Å²) in [5.41, 5.74) is 2.10. The summed E-state index contributed by atoms with van der Waals surface area (Å²) < 4.78 is 1.05. The second kappa shape index (κ2) is 5.85. The van der Waals surface area contributed by atoms with E-state index in [1.807, 2.05) is 12.1 Å². The van der Waals surface area contributed by atoms with Crippen LogP contribution in [0.1, 0.15) is 25.8 Å². The van der Waals surface area contributed by atoms with Gasteiger partial charge in [0, 0.05) is 16.2 Å². The lowest BCUT2D eigenvalue weighted by Crippen LogP contribution is -2.32. The van der Waals surface area contributed by atoms with Crippen LogP contribution in [0.15, 0.2) is 22.7 Å². The van der Waals surface area contributed by atoms with Gasteiger partial charge in [-0.1, -0.05) is 22.9 Å². The van der Waals surface area contributed by atoms with Crippen LogP contribution < -0.4 is 10.6 Å². The van der Waals surface area contributed by atoms with E-state index in [-0.39, 0.29) is 17.9 Å². The Hall–Kier alpha value is -0.870. The topological polar surface area (TPSA) is 41.1 Å². The molecule has 0 aliphatic carbocycles. The van der Waals surface area contributed by atoms with Crippen LogP contribution in [0.5, 0.6) is 0 Å². The summed E-state index contributed by atoms with van der Waals surface area (Å²) in [5, 5.41) is 6.37. The molecular formula is C14H19BrN2O. The largest absolute Gasteiger partial charge is 0.326 e. The van der Waals surface area contributed by atoms with E-state index in [0.717, 1.165) is 35.1 Å². The molecule has 18 heavy (non-hydrogen) atoms. The Morgan fingerprint density at radius 3 is 2.94 bits per heavy atom. The highest BCUT2D eigenvalue weighted by molar-refractivity contribution is 9.10. The molecule has 2 rings (SSSR count). The number of carbonyl (C=O) groups excluding carboxylic acids is 1. The van der Waals surface area contributed by atoms with Crippen LogP contribution in [0.3, 0.4) is 0 Å². The van der Waals surface area contributed by atoms with Crippen molar-refractivity contribution in [3.8, 4) is 0 Å². The predicted molar refractivity (Wildman–Crippen MR) is 77.7 cm³/mol. The van der Waals surface area contributed by atoms with Crippen molar-refractivity contribution in [3.05, 3.63) is 28.2 Å². The average molecular weight is 311 g/mol. The third kappa shape index (κ3) is 2.93. The molecule has 0 bridgehead atoms. The third-order valence-electron chi connectivity index (χ3n) is 3.57. The summed E-state index contributed by atoms with van der Waals surface area (Å²) in [7, 11) is 0. The van der Waals surface area contributed by atoms with Crippen LogP contribution in [0.4, 0.5) is 5.69 Å². The van der Waals surface area contributed by atoms with Gasteiger partial charge in [-0.3, -0.25) is 4.79 Å². The van der Waals surface area contributed by atoms with Crippen molar-refractivity contribution in [2.45, 2.75) is 32.7 Å². The first-order chi connectivity index (χ1) is 8.61. The molecule has 1 fully saturated rings. The zero-order valence-electron chi connectivity index (χ0n) is 10.8. The molecule has 0 radical (unpaired) electrons. The Morgan fingerprint density at radius 2 is 2.33 bits per heavy atom. The number of benzene rings is 1. The predicted octanol–water partition coefficient (Wildman–Crippen LogP) is 2.95. The molecule has 1 amide bonds. The highest BCUT2D eigenvalue weighted by Crippen LogP contribution is 2.24. The van der Waals surface area contributed by atoms with Gasteiger partial charge in [0.2, 0.25) is 5.91 Å². The van der Waals surface area contributed by atoms with Crippen molar-refractivity contribution in [3.63, 3.8) is 0 Å². The number of anilines is 1. The molecule has 1 aliphatic heterocycles. The zero-order valence-corrected chi connectivity index (χ0v) is 12.4. The second-order valence-corrected chi connectivity index (χ2v) is 5.70. The van der Waals surface area contributed by atoms with Crippen molar-refractivity contribution in [2.75, 3.05) is 11.9 Å². The molecule has 2 atom stereocenters. The molecule has 0 spiro atoms. The van der Waals surface area contributed by atoms with Crippen LogP contribution in [-0.2, 0) is 11.2 Å². The minimum absolute atomic E-state index is 0.0818. The molecule has 0 aromatic heterocycles. The van der Waals surface area contributed by atoms with E-state index >= 15 is 0 Å². The number of hydrogen-bond donors (Lipinski definition) is 2. The van der Waals surface area contributed by atoms with Gasteiger partial charge in [0.15, 0.2) is 0 Å². The monoisotopic (exact) mass is 310 g/mol. The van der Waals surface area contributed by atoms with E-state index in [1.54, 1.807) is 0 Å². The quantitative estimate of drug-likeness (QED) is 0.901. The minimum Gasteiger partial charge on any atom is -0.326 e. The molecule has 98 valence electrons. The van der Waals surface area contributed by atoms with E-state index in [9.17, 15) is 4.79 Å². The van der Waals surface area contributed by atoms with Crippen LogP contribution in [0.2, 0.25) is 0 Å². The van der Waals surface area contributed by atoms with Crippen molar-refractivity contribution in [1.82, 2.24) is 5.32 Å². The maximum atomic E-state index is 12.2. The van der Waals surface area contributed by atoms with Crippen LogP contribution >= 0.6 is 15.9 Å². The molecule has 1 heterocycles. The highest BCUT2D eigenvalue weighted by atomic mass is 79.9. The highest BCUT2D eigenvalue weighted by Gasteiger charge is 2.29. The molecule has 1 aromatic carbocycles. The molecule has 0 saturated carbocycles. The summed E-state index contributed by atoms with van der Waals surface area (Å²) in [4.78, 5) is 12.2. The van der Waals surface area contributed by atoms with Crippen LogP contribution in [-0.4, -0.2) is 18.5 Å². The summed E-state index contributed by atoms with van der Waals surface area (Å²) in [6.07, 6.45) is 1.83. The van der Waals surface area contributed by atoms with Gasteiger partial charge >= 0.3 is 0 Å². The zero-order chi connectivity index (χ0) is 13.1. The summed E-state index contributed by atoms with van der Waals surface area (Å²) in [6.45, 7) is 5.09. The van der Waals surface area contributed by atoms with Gasteiger partial charge in [0.05, 0.1) is 5.92 Å². The number of rotatable bonds is 3. The maximum absolute atomic E-state index is 12.2. The lowest BCUT2D eigenvalue weighted by molar-refractivity contribution is -0.120. The third-order valence-corrected chi connectivity index (χ3v) is 4.06. The first kappa shape index (κ1) is 13.6. The summed E-state index contributed by atoms with van der Waals surface area (Å²) in [6, 6.07) is 6.26. The fourth-order valence-electron chi connectivity index (χ4n) is 2.42. The second-order valence-electron chi connectivity index (χ2n) is 4.78. The minimum atomic E-state index is 0.0818. The van der Waals surface area contributed by atoms with E-state index in [1.165, 1.54) is 0 Å². The number of aryl methyl sites for hydroxylation is 1. The molecule has 1 aromatic rings. The van der Waals surface area contributed by atoms with Gasteiger partial charge in [-0.2, -0.15) is 0 Å². The Morgan fingerprint density at radius 1 is 1.56 bits per heavy atom.